The van der Waals surface area contributed by atoms with Gasteiger partial charge in [-0.25, -0.2) is 13.4 Å². The van der Waals surface area contributed by atoms with E-state index in [0.717, 1.165) is 18.8 Å². The van der Waals surface area contributed by atoms with Crippen molar-refractivity contribution in [1.29, 1.82) is 0 Å². The van der Waals surface area contributed by atoms with Gasteiger partial charge in [-0.05, 0) is 32.9 Å². The van der Waals surface area contributed by atoms with Crippen LogP contribution in [0.25, 0.3) is 0 Å². The molecular formula is C20H25N5O4S2. The molecule has 166 valence electrons. The van der Waals surface area contributed by atoms with Crippen LogP contribution >= 0.6 is 11.3 Å². The lowest BCUT2D eigenvalue weighted by molar-refractivity contribution is -0.117. The van der Waals surface area contributed by atoms with Crippen LogP contribution in [0.2, 0.25) is 0 Å². The summed E-state index contributed by atoms with van der Waals surface area (Å²) in [7, 11) is -3.64. The minimum Gasteiger partial charge on any atom is -0.373 e. The van der Waals surface area contributed by atoms with E-state index in [9.17, 15) is 13.2 Å². The van der Waals surface area contributed by atoms with Crippen molar-refractivity contribution in [2.75, 3.05) is 18.4 Å². The van der Waals surface area contributed by atoms with Crippen molar-refractivity contribution in [1.82, 2.24) is 14.6 Å². The molecule has 2 aliphatic heterocycles. The van der Waals surface area contributed by atoms with Gasteiger partial charge < -0.3 is 10.1 Å². The monoisotopic (exact) mass is 463 g/mol. The molecule has 1 amide bonds. The van der Waals surface area contributed by atoms with Gasteiger partial charge in [0.1, 0.15) is 11.9 Å². The number of nitrogens with zero attached hydrogens (tertiary/aromatic N) is 3. The Morgan fingerprint density at radius 1 is 1.35 bits per heavy atom. The van der Waals surface area contributed by atoms with Crippen molar-refractivity contribution in [2.45, 2.75) is 50.5 Å². The highest BCUT2D eigenvalue weighted by Gasteiger charge is 2.31. The van der Waals surface area contributed by atoms with E-state index in [-0.39, 0.29) is 28.8 Å². The van der Waals surface area contributed by atoms with E-state index < -0.39 is 16.1 Å². The Hall–Kier alpha value is -2.34. The lowest BCUT2D eigenvalue weighted by atomic mass is 10.2. The number of carbonyl (C=O) groups is 1. The lowest BCUT2D eigenvalue weighted by Crippen LogP contribution is -2.44. The summed E-state index contributed by atoms with van der Waals surface area (Å²) in [6.45, 7) is 8.11. The van der Waals surface area contributed by atoms with Crippen LogP contribution < -0.4 is 10.0 Å². The molecular weight excluding hydrogens is 438 g/mol. The smallest absolute Gasteiger partial charge is 0.263 e. The Kier molecular flexibility index (Phi) is 6.11. The third kappa shape index (κ3) is 4.95. The van der Waals surface area contributed by atoms with Crippen LogP contribution in [0.15, 0.2) is 39.5 Å². The minimum absolute atomic E-state index is 0.165. The fourth-order valence-corrected chi connectivity index (χ4v) is 5.71. The van der Waals surface area contributed by atoms with Crippen molar-refractivity contribution in [3.63, 3.8) is 0 Å². The maximum absolute atomic E-state index is 12.6. The zero-order valence-electron chi connectivity index (χ0n) is 17.5. The molecule has 0 bridgehead atoms. The maximum Gasteiger partial charge on any atom is 0.263 e. The third-order valence-corrected chi connectivity index (χ3v) is 7.23. The average Bonchev–Trinajstić information content (AvgIpc) is 3.23. The van der Waals surface area contributed by atoms with Gasteiger partial charge in [-0.1, -0.05) is 12.1 Å². The maximum atomic E-state index is 12.6. The van der Waals surface area contributed by atoms with E-state index >= 15 is 0 Å². The second kappa shape index (κ2) is 8.65. The van der Waals surface area contributed by atoms with Gasteiger partial charge in [0.05, 0.1) is 22.8 Å². The van der Waals surface area contributed by atoms with E-state index in [4.69, 9.17) is 4.74 Å². The molecule has 0 aliphatic carbocycles. The first-order valence-corrected chi connectivity index (χ1v) is 12.4. The van der Waals surface area contributed by atoms with Crippen LogP contribution in [0.5, 0.6) is 0 Å². The number of morpholine rings is 1. The zero-order valence-corrected chi connectivity index (χ0v) is 19.2. The van der Waals surface area contributed by atoms with Crippen LogP contribution in [0.3, 0.4) is 0 Å². The molecule has 2 unspecified atom stereocenters. The molecule has 11 heteroatoms. The van der Waals surface area contributed by atoms with E-state index in [1.165, 1.54) is 17.4 Å². The Morgan fingerprint density at radius 2 is 2.06 bits per heavy atom. The molecule has 1 aromatic carbocycles. The zero-order chi connectivity index (χ0) is 22.2. The van der Waals surface area contributed by atoms with Gasteiger partial charge in [0, 0.05) is 30.6 Å². The molecule has 1 fully saturated rings. The van der Waals surface area contributed by atoms with E-state index in [0.29, 0.717) is 17.2 Å². The number of aliphatic imine (C=N–C) groups is 1. The van der Waals surface area contributed by atoms with Crippen LogP contribution in [0.4, 0.5) is 5.13 Å². The van der Waals surface area contributed by atoms with E-state index in [1.54, 1.807) is 25.1 Å². The largest absolute Gasteiger partial charge is 0.373 e. The fraction of sp³-hybridized carbons (Fsp3) is 0.450. The highest BCUT2D eigenvalue weighted by Crippen LogP contribution is 2.23. The highest BCUT2D eigenvalue weighted by molar-refractivity contribution is 7.90. The number of sulfonamides is 1. The van der Waals surface area contributed by atoms with Crippen molar-refractivity contribution in [3.8, 4) is 0 Å². The molecule has 2 aromatic rings. The van der Waals surface area contributed by atoms with Gasteiger partial charge in [0.15, 0.2) is 5.13 Å². The summed E-state index contributed by atoms with van der Waals surface area (Å²) in [6.07, 6.45) is 0.360. The summed E-state index contributed by atoms with van der Waals surface area (Å²) >= 11 is 1.36. The summed E-state index contributed by atoms with van der Waals surface area (Å²) in [5.41, 5.74) is 1.35. The summed E-state index contributed by atoms with van der Waals surface area (Å²) in [5.74, 6) is -0.181. The number of carbonyl (C=O) groups excluding carboxylic acids is 1. The highest BCUT2D eigenvalue weighted by atomic mass is 32.2. The molecule has 2 N–H and O–H groups in total. The van der Waals surface area contributed by atoms with Crippen molar-refractivity contribution >= 4 is 38.2 Å². The Balaban J connectivity index is 1.40. The summed E-state index contributed by atoms with van der Waals surface area (Å²) in [5, 5.41) is 5.20. The summed E-state index contributed by atoms with van der Waals surface area (Å²) in [6, 6.07) is 5.76. The summed E-state index contributed by atoms with van der Waals surface area (Å²) in [4.78, 5) is 23.9. The number of hydrogen-bond donors (Lipinski definition) is 2. The number of benzene rings is 1. The first kappa shape index (κ1) is 21.9. The SMILES string of the molecule is CC1CN(Cc2csc(NC(=O)[C@H](C)N=C3NS(=O)(=O)c4ccccc43)n2)CC(C)O1. The van der Waals surface area contributed by atoms with Gasteiger partial charge in [0.2, 0.25) is 0 Å². The number of amides is 1. The molecule has 0 spiro atoms. The van der Waals surface area contributed by atoms with Gasteiger partial charge in [-0.2, -0.15) is 0 Å². The molecule has 31 heavy (non-hydrogen) atoms. The number of anilines is 1. The summed E-state index contributed by atoms with van der Waals surface area (Å²) < 4.78 is 32.6. The number of hydrogen-bond acceptors (Lipinski definition) is 8. The van der Waals surface area contributed by atoms with Gasteiger partial charge in [-0.15, -0.1) is 11.3 Å². The van der Waals surface area contributed by atoms with Gasteiger partial charge in [-0.3, -0.25) is 19.4 Å². The minimum atomic E-state index is -3.64. The van der Waals surface area contributed by atoms with E-state index in [2.05, 4.69) is 38.8 Å². The molecule has 0 saturated carbocycles. The number of amidine groups is 1. The number of rotatable bonds is 5. The lowest BCUT2D eigenvalue weighted by Gasteiger charge is -2.34. The number of aromatic nitrogens is 1. The Labute approximate surface area is 185 Å². The molecule has 3 atom stereocenters. The number of ether oxygens (including phenoxy) is 1. The standard InChI is InChI=1S/C20H25N5O4S2/c1-12-8-25(9-13(2)29-12)10-15-11-30-20(22-15)23-19(26)14(3)21-18-16-6-4-5-7-17(16)31(27,28)24-18/h4-7,11-14H,8-10H2,1-3H3,(H,21,24)(H,22,23,26)/t12?,13?,14-/m0/s1. The molecule has 0 radical (unpaired) electrons. The second-order valence-corrected chi connectivity index (χ2v) is 10.3. The second-order valence-electron chi connectivity index (χ2n) is 7.84. The molecule has 2 aliphatic rings. The molecule has 1 saturated heterocycles. The first-order chi connectivity index (χ1) is 14.7. The predicted octanol–water partition coefficient (Wildman–Crippen LogP) is 1.82. The van der Waals surface area contributed by atoms with Crippen molar-refractivity contribution in [2.24, 2.45) is 4.99 Å². The van der Waals surface area contributed by atoms with Gasteiger partial charge in [0.25, 0.3) is 15.9 Å². The quantitative estimate of drug-likeness (QED) is 0.699. The fourth-order valence-electron chi connectivity index (χ4n) is 3.77. The van der Waals surface area contributed by atoms with E-state index in [1.807, 2.05) is 5.38 Å². The van der Waals surface area contributed by atoms with Crippen LogP contribution in [0.1, 0.15) is 32.0 Å². The Bertz CT molecular complexity index is 1100. The Morgan fingerprint density at radius 3 is 2.81 bits per heavy atom. The molecule has 9 nitrogen and oxygen atoms in total. The average molecular weight is 464 g/mol. The predicted molar refractivity (Wildman–Crippen MR) is 119 cm³/mol. The van der Waals surface area contributed by atoms with Crippen molar-refractivity contribution in [3.05, 3.63) is 40.9 Å². The van der Waals surface area contributed by atoms with Crippen molar-refractivity contribution < 1.29 is 17.9 Å². The molecule has 3 heterocycles. The molecule has 4 rings (SSSR count). The number of fused-ring (bicyclic) bond motifs is 1. The number of thiazole rings is 1. The third-order valence-electron chi connectivity index (χ3n) is 5.03. The first-order valence-electron chi connectivity index (χ1n) is 10.0. The number of nitrogens with one attached hydrogen (secondary N) is 2. The topological polar surface area (TPSA) is 113 Å². The van der Waals surface area contributed by atoms with Crippen LogP contribution in [-0.4, -0.2) is 61.4 Å². The van der Waals surface area contributed by atoms with Gasteiger partial charge >= 0.3 is 0 Å². The van der Waals surface area contributed by atoms with Crippen LogP contribution in [0, 0.1) is 0 Å². The van der Waals surface area contributed by atoms with Crippen LogP contribution in [-0.2, 0) is 26.1 Å². The molecule has 1 aromatic heterocycles. The normalized spacial score (nSPS) is 25.1.